The Morgan fingerprint density at radius 2 is 1.60 bits per heavy atom. The predicted octanol–water partition coefficient (Wildman–Crippen LogP) is 1.84. The Morgan fingerprint density at radius 1 is 1.10 bits per heavy atom. The number of hydrogen-bond acceptors (Lipinski definition) is 3. The summed E-state index contributed by atoms with van der Waals surface area (Å²) in [5.74, 6) is 1.86. The molecule has 2 fully saturated rings. The van der Waals surface area contributed by atoms with Gasteiger partial charge in [-0.2, -0.15) is 0 Å². The zero-order valence-corrected chi connectivity index (χ0v) is 13.8. The monoisotopic (exact) mass is 298 g/mol. The van der Waals surface area contributed by atoms with Crippen LogP contribution in [0, 0.1) is 11.8 Å². The lowest BCUT2D eigenvalue weighted by molar-refractivity contribution is -0.139. The van der Waals surface area contributed by atoms with E-state index in [0.29, 0.717) is 43.8 Å². The molecule has 1 saturated heterocycles. The van der Waals surface area contributed by atoms with Gasteiger partial charge in [-0.1, -0.05) is 27.7 Å². The van der Waals surface area contributed by atoms with Crippen LogP contribution in [0.1, 0.15) is 34.1 Å². The molecule has 1 heterocycles. The van der Waals surface area contributed by atoms with E-state index in [9.17, 15) is 9.59 Å². The van der Waals surface area contributed by atoms with Crippen molar-refractivity contribution in [2.24, 2.45) is 11.8 Å². The Balaban J connectivity index is 1.73. The van der Waals surface area contributed by atoms with Crippen molar-refractivity contribution in [2.45, 2.75) is 38.9 Å². The molecule has 0 aromatic carbocycles. The van der Waals surface area contributed by atoms with Crippen LogP contribution in [0.4, 0.5) is 0 Å². The molecule has 0 N–H and O–H groups in total. The highest BCUT2D eigenvalue weighted by atomic mass is 32.2. The van der Waals surface area contributed by atoms with Crippen LogP contribution in [-0.2, 0) is 9.59 Å². The number of rotatable bonds is 3. The lowest BCUT2D eigenvalue weighted by Crippen LogP contribution is -2.51. The Morgan fingerprint density at radius 3 is 2.05 bits per heavy atom. The van der Waals surface area contributed by atoms with Gasteiger partial charge in [0.15, 0.2) is 0 Å². The predicted molar refractivity (Wildman–Crippen MR) is 82.6 cm³/mol. The van der Waals surface area contributed by atoms with Gasteiger partial charge in [-0.25, -0.2) is 0 Å². The van der Waals surface area contributed by atoms with Crippen molar-refractivity contribution in [3.05, 3.63) is 0 Å². The Bertz CT molecular complexity index is 384. The zero-order chi connectivity index (χ0) is 14.9. The Hall–Kier alpha value is -0.710. The largest absolute Gasteiger partial charge is 0.339 e. The molecule has 2 aliphatic rings. The van der Waals surface area contributed by atoms with Gasteiger partial charge in [0.25, 0.3) is 0 Å². The molecule has 114 valence electrons. The first-order valence-electron chi connectivity index (χ1n) is 7.48. The van der Waals surface area contributed by atoms with Gasteiger partial charge in [0, 0.05) is 36.8 Å². The van der Waals surface area contributed by atoms with Gasteiger partial charge >= 0.3 is 0 Å². The van der Waals surface area contributed by atoms with Gasteiger partial charge < -0.3 is 9.80 Å². The molecule has 0 aromatic heterocycles. The number of nitrogens with zero attached hydrogens (tertiary/aromatic N) is 2. The van der Waals surface area contributed by atoms with Gasteiger partial charge in [-0.05, 0) is 12.3 Å². The number of carbonyl (C=O) groups is 2. The molecular formula is C15H26N2O2S. The lowest BCUT2D eigenvalue weighted by atomic mass is 10.2. The quantitative estimate of drug-likeness (QED) is 0.798. The van der Waals surface area contributed by atoms with Crippen molar-refractivity contribution in [1.29, 1.82) is 0 Å². The molecule has 0 radical (unpaired) electrons. The molecule has 0 spiro atoms. The van der Waals surface area contributed by atoms with Gasteiger partial charge in [0.2, 0.25) is 11.8 Å². The third-order valence-electron chi connectivity index (χ3n) is 4.00. The molecule has 0 unspecified atom stereocenters. The fourth-order valence-corrected chi connectivity index (χ4v) is 3.19. The minimum absolute atomic E-state index is 0.121. The maximum Gasteiger partial charge on any atom is 0.232 e. The summed E-state index contributed by atoms with van der Waals surface area (Å²) in [5.41, 5.74) is 0. The van der Waals surface area contributed by atoms with Crippen LogP contribution < -0.4 is 0 Å². The first-order chi connectivity index (χ1) is 9.28. The Labute approximate surface area is 126 Å². The summed E-state index contributed by atoms with van der Waals surface area (Å²) in [6.07, 6.45) is 1.04. The Kier molecular flexibility index (Phi) is 4.67. The molecule has 1 aliphatic heterocycles. The second-order valence-electron chi connectivity index (χ2n) is 6.93. The maximum atomic E-state index is 12.1. The molecule has 0 bridgehead atoms. The highest BCUT2D eigenvalue weighted by Gasteiger charge is 2.42. The molecule has 2 atom stereocenters. The van der Waals surface area contributed by atoms with Gasteiger partial charge in [-0.15, -0.1) is 11.8 Å². The summed E-state index contributed by atoms with van der Waals surface area (Å²) in [5, 5.41) is 0. The number of carbonyl (C=O) groups excluding carboxylic acids is 2. The van der Waals surface area contributed by atoms with E-state index in [1.165, 1.54) is 0 Å². The van der Waals surface area contributed by atoms with Gasteiger partial charge in [0.05, 0.1) is 5.75 Å². The van der Waals surface area contributed by atoms with E-state index in [2.05, 4.69) is 27.7 Å². The third kappa shape index (κ3) is 4.14. The van der Waals surface area contributed by atoms with E-state index >= 15 is 0 Å². The van der Waals surface area contributed by atoms with Crippen molar-refractivity contribution in [1.82, 2.24) is 9.80 Å². The molecular weight excluding hydrogens is 272 g/mol. The molecule has 1 saturated carbocycles. The number of amides is 2. The topological polar surface area (TPSA) is 40.6 Å². The van der Waals surface area contributed by atoms with Crippen LogP contribution in [0.25, 0.3) is 0 Å². The standard InChI is InChI=1S/C15H26N2O2S/c1-11-9-12(11)14(19)17-7-5-16(6-8-17)13(18)10-20-15(2,3)4/h11-12H,5-10H2,1-4H3/t11-,12-/m1/s1. The second kappa shape index (κ2) is 5.96. The van der Waals surface area contributed by atoms with Gasteiger partial charge in [-0.3, -0.25) is 9.59 Å². The van der Waals surface area contributed by atoms with Crippen LogP contribution in [0.15, 0.2) is 0 Å². The average Bonchev–Trinajstić information content (AvgIpc) is 3.11. The van der Waals surface area contributed by atoms with Gasteiger partial charge in [0.1, 0.15) is 0 Å². The number of thioether (sulfide) groups is 1. The van der Waals surface area contributed by atoms with Crippen molar-refractivity contribution in [3.8, 4) is 0 Å². The van der Waals surface area contributed by atoms with Crippen LogP contribution in [0.2, 0.25) is 0 Å². The van der Waals surface area contributed by atoms with Crippen molar-refractivity contribution < 1.29 is 9.59 Å². The maximum absolute atomic E-state index is 12.1. The highest BCUT2D eigenvalue weighted by Crippen LogP contribution is 2.39. The summed E-state index contributed by atoms with van der Waals surface area (Å²) < 4.78 is 0.121. The van der Waals surface area contributed by atoms with E-state index in [1.807, 2.05) is 9.80 Å². The molecule has 2 rings (SSSR count). The fourth-order valence-electron chi connectivity index (χ4n) is 2.45. The summed E-state index contributed by atoms with van der Waals surface area (Å²) >= 11 is 1.69. The van der Waals surface area contributed by atoms with Crippen LogP contribution in [-0.4, -0.2) is 58.3 Å². The molecule has 5 heteroatoms. The second-order valence-corrected chi connectivity index (χ2v) is 8.73. The first-order valence-corrected chi connectivity index (χ1v) is 8.47. The van der Waals surface area contributed by atoms with Crippen LogP contribution in [0.3, 0.4) is 0 Å². The lowest BCUT2D eigenvalue weighted by Gasteiger charge is -2.35. The summed E-state index contributed by atoms with van der Waals surface area (Å²) in [7, 11) is 0. The minimum atomic E-state index is 0.121. The smallest absolute Gasteiger partial charge is 0.232 e. The van der Waals surface area contributed by atoms with Crippen molar-refractivity contribution >= 4 is 23.6 Å². The highest BCUT2D eigenvalue weighted by molar-refractivity contribution is 8.01. The van der Waals surface area contributed by atoms with Crippen molar-refractivity contribution in [2.75, 3.05) is 31.9 Å². The molecule has 4 nitrogen and oxygen atoms in total. The minimum Gasteiger partial charge on any atom is -0.339 e. The molecule has 20 heavy (non-hydrogen) atoms. The SMILES string of the molecule is C[C@@H]1C[C@H]1C(=O)N1CCN(C(=O)CSC(C)(C)C)CC1. The molecule has 1 aliphatic carbocycles. The number of hydrogen-bond donors (Lipinski definition) is 0. The van der Waals surface area contributed by atoms with Crippen LogP contribution in [0.5, 0.6) is 0 Å². The summed E-state index contributed by atoms with van der Waals surface area (Å²) in [6, 6.07) is 0. The van der Waals surface area contributed by atoms with E-state index in [0.717, 1.165) is 6.42 Å². The van der Waals surface area contributed by atoms with E-state index < -0.39 is 0 Å². The molecule has 2 amide bonds. The van der Waals surface area contributed by atoms with E-state index in [-0.39, 0.29) is 16.6 Å². The average molecular weight is 298 g/mol. The first kappa shape index (κ1) is 15.7. The summed E-state index contributed by atoms with van der Waals surface area (Å²) in [6.45, 7) is 11.3. The molecule has 0 aromatic rings. The van der Waals surface area contributed by atoms with E-state index in [4.69, 9.17) is 0 Å². The zero-order valence-electron chi connectivity index (χ0n) is 13.0. The number of piperazine rings is 1. The fraction of sp³-hybridized carbons (Fsp3) is 0.867. The summed E-state index contributed by atoms with van der Waals surface area (Å²) in [4.78, 5) is 28.1. The van der Waals surface area contributed by atoms with Crippen molar-refractivity contribution in [3.63, 3.8) is 0 Å². The van der Waals surface area contributed by atoms with Crippen LogP contribution >= 0.6 is 11.8 Å². The third-order valence-corrected chi connectivity index (χ3v) is 5.26. The normalized spacial score (nSPS) is 26.6. The van der Waals surface area contributed by atoms with E-state index in [1.54, 1.807) is 11.8 Å².